The summed E-state index contributed by atoms with van der Waals surface area (Å²) < 4.78 is 7.05. The van der Waals surface area contributed by atoms with Crippen molar-refractivity contribution in [3.8, 4) is 5.75 Å². The highest BCUT2D eigenvalue weighted by Crippen LogP contribution is 2.28. The van der Waals surface area contributed by atoms with Crippen LogP contribution >= 0.6 is 0 Å². The van der Waals surface area contributed by atoms with Gasteiger partial charge >= 0.3 is 0 Å². The predicted molar refractivity (Wildman–Crippen MR) is 74.3 cm³/mol. The van der Waals surface area contributed by atoms with Crippen LogP contribution in [0.25, 0.3) is 0 Å². The maximum atomic E-state index is 10.5. The molecule has 102 valence electrons. The molecule has 1 aromatic heterocycles. The number of aliphatic hydroxyl groups is 1. The summed E-state index contributed by atoms with van der Waals surface area (Å²) >= 11 is 0. The van der Waals surface area contributed by atoms with E-state index in [-0.39, 0.29) is 0 Å². The molecule has 2 rings (SSSR count). The summed E-state index contributed by atoms with van der Waals surface area (Å²) in [7, 11) is 1.60. The molecule has 0 aliphatic rings. The number of hydrogen-bond acceptors (Lipinski definition) is 3. The summed E-state index contributed by atoms with van der Waals surface area (Å²) in [4.78, 5) is 0. The SMILES string of the molecule is CCn1ncc(OC)c1C(O)Cc1ccccc1C. The Morgan fingerprint density at radius 2 is 2.11 bits per heavy atom. The van der Waals surface area contributed by atoms with Crippen LogP contribution in [0.15, 0.2) is 30.5 Å². The lowest BCUT2D eigenvalue weighted by Crippen LogP contribution is -2.11. The smallest absolute Gasteiger partial charge is 0.162 e. The monoisotopic (exact) mass is 260 g/mol. The molecule has 19 heavy (non-hydrogen) atoms. The van der Waals surface area contributed by atoms with Gasteiger partial charge in [0.2, 0.25) is 0 Å². The Bertz CT molecular complexity index is 527. The lowest BCUT2D eigenvalue weighted by Gasteiger charge is -2.15. The number of aryl methyl sites for hydroxylation is 2. The van der Waals surface area contributed by atoms with Crippen LogP contribution in [0.1, 0.15) is 29.8 Å². The van der Waals surface area contributed by atoms with Gasteiger partial charge in [-0.3, -0.25) is 4.68 Å². The second kappa shape index (κ2) is 5.89. The number of benzene rings is 1. The molecule has 0 fully saturated rings. The van der Waals surface area contributed by atoms with Gasteiger partial charge in [-0.2, -0.15) is 5.10 Å². The molecule has 4 nitrogen and oxygen atoms in total. The quantitative estimate of drug-likeness (QED) is 0.898. The Kier molecular flexibility index (Phi) is 4.22. The van der Waals surface area contributed by atoms with Crippen LogP contribution in [0.3, 0.4) is 0 Å². The molecule has 0 amide bonds. The van der Waals surface area contributed by atoms with E-state index >= 15 is 0 Å². The van der Waals surface area contributed by atoms with Crippen LogP contribution in [-0.4, -0.2) is 22.0 Å². The minimum atomic E-state index is -0.613. The fourth-order valence-electron chi connectivity index (χ4n) is 2.27. The highest BCUT2D eigenvalue weighted by Gasteiger charge is 2.20. The van der Waals surface area contributed by atoms with Crippen molar-refractivity contribution in [2.24, 2.45) is 0 Å². The molecule has 0 aliphatic heterocycles. The average Bonchev–Trinajstić information content (AvgIpc) is 2.84. The Labute approximate surface area is 113 Å². The number of hydrogen-bond donors (Lipinski definition) is 1. The molecule has 1 heterocycles. The van der Waals surface area contributed by atoms with Crippen molar-refractivity contribution < 1.29 is 9.84 Å². The standard InChI is InChI=1S/C15H20N2O2/c1-4-17-15(14(19-3)10-16-17)13(18)9-12-8-6-5-7-11(12)2/h5-8,10,13,18H,4,9H2,1-3H3. The van der Waals surface area contributed by atoms with E-state index in [0.29, 0.717) is 18.7 Å². The van der Waals surface area contributed by atoms with E-state index in [2.05, 4.69) is 18.1 Å². The van der Waals surface area contributed by atoms with Crippen molar-refractivity contribution in [3.63, 3.8) is 0 Å². The molecule has 4 heteroatoms. The molecule has 1 N–H and O–H groups in total. The van der Waals surface area contributed by atoms with Crippen molar-refractivity contribution in [2.45, 2.75) is 32.9 Å². The number of aromatic nitrogens is 2. The lowest BCUT2D eigenvalue weighted by molar-refractivity contribution is 0.162. The van der Waals surface area contributed by atoms with Crippen molar-refractivity contribution in [3.05, 3.63) is 47.3 Å². The zero-order valence-electron chi connectivity index (χ0n) is 11.6. The second-order valence-electron chi connectivity index (χ2n) is 4.56. The van der Waals surface area contributed by atoms with Gasteiger partial charge in [0.1, 0.15) is 11.8 Å². The van der Waals surface area contributed by atoms with Gasteiger partial charge in [0.15, 0.2) is 5.75 Å². The van der Waals surface area contributed by atoms with E-state index in [1.165, 1.54) is 5.56 Å². The van der Waals surface area contributed by atoms with Crippen molar-refractivity contribution in [1.82, 2.24) is 9.78 Å². The highest BCUT2D eigenvalue weighted by atomic mass is 16.5. The van der Waals surface area contributed by atoms with Crippen LogP contribution in [0, 0.1) is 6.92 Å². The largest absolute Gasteiger partial charge is 0.493 e. The van der Waals surface area contributed by atoms with Crippen molar-refractivity contribution in [1.29, 1.82) is 0 Å². The van der Waals surface area contributed by atoms with Crippen LogP contribution < -0.4 is 4.74 Å². The zero-order chi connectivity index (χ0) is 13.8. The maximum absolute atomic E-state index is 10.5. The average molecular weight is 260 g/mol. The van der Waals surface area contributed by atoms with Gasteiger partial charge in [0, 0.05) is 13.0 Å². The first-order valence-corrected chi connectivity index (χ1v) is 6.49. The van der Waals surface area contributed by atoms with E-state index in [9.17, 15) is 5.11 Å². The number of aliphatic hydroxyl groups excluding tert-OH is 1. The Balaban J connectivity index is 2.27. The normalized spacial score (nSPS) is 12.4. The first kappa shape index (κ1) is 13.6. The van der Waals surface area contributed by atoms with E-state index in [0.717, 1.165) is 11.3 Å². The first-order valence-electron chi connectivity index (χ1n) is 6.49. The van der Waals surface area contributed by atoms with Crippen molar-refractivity contribution in [2.75, 3.05) is 7.11 Å². The summed E-state index contributed by atoms with van der Waals surface area (Å²) in [6, 6.07) is 8.08. The minimum absolute atomic E-state index is 0.564. The third-order valence-corrected chi connectivity index (χ3v) is 3.35. The number of methoxy groups -OCH3 is 1. The van der Waals surface area contributed by atoms with E-state index in [4.69, 9.17) is 4.74 Å². The molecule has 0 aliphatic carbocycles. The molecule has 0 saturated heterocycles. The molecule has 0 radical (unpaired) electrons. The number of nitrogens with zero attached hydrogens (tertiary/aromatic N) is 2. The summed E-state index contributed by atoms with van der Waals surface area (Å²) in [5.74, 6) is 0.642. The zero-order valence-corrected chi connectivity index (χ0v) is 11.6. The van der Waals surface area contributed by atoms with Crippen LogP contribution in [0.2, 0.25) is 0 Å². The van der Waals surface area contributed by atoms with E-state index in [1.54, 1.807) is 18.0 Å². The molecular formula is C15H20N2O2. The topological polar surface area (TPSA) is 47.3 Å². The summed E-state index contributed by atoms with van der Waals surface area (Å²) in [6.45, 7) is 4.76. The molecular weight excluding hydrogens is 240 g/mol. The van der Waals surface area contributed by atoms with E-state index in [1.807, 2.05) is 25.1 Å². The molecule has 0 bridgehead atoms. The molecule has 2 aromatic rings. The van der Waals surface area contributed by atoms with Crippen molar-refractivity contribution >= 4 is 0 Å². The first-order chi connectivity index (χ1) is 9.17. The third-order valence-electron chi connectivity index (χ3n) is 3.35. The second-order valence-corrected chi connectivity index (χ2v) is 4.56. The summed E-state index contributed by atoms with van der Waals surface area (Å²) in [5, 5.41) is 14.7. The molecule has 1 atom stereocenters. The van der Waals surface area contributed by atoms with Gasteiger partial charge in [-0.1, -0.05) is 24.3 Å². The van der Waals surface area contributed by atoms with Gasteiger partial charge in [-0.05, 0) is 25.0 Å². The van der Waals surface area contributed by atoms with Crippen LogP contribution in [0.5, 0.6) is 5.75 Å². The van der Waals surface area contributed by atoms with Gasteiger partial charge in [0.25, 0.3) is 0 Å². The predicted octanol–water partition coefficient (Wildman–Crippen LogP) is 2.50. The summed E-state index contributed by atoms with van der Waals surface area (Å²) in [6.07, 6.45) is 1.60. The van der Waals surface area contributed by atoms with Crippen LogP contribution in [0.4, 0.5) is 0 Å². The third kappa shape index (κ3) is 2.79. The number of rotatable bonds is 5. The Morgan fingerprint density at radius 1 is 1.37 bits per heavy atom. The maximum Gasteiger partial charge on any atom is 0.162 e. The minimum Gasteiger partial charge on any atom is -0.493 e. The molecule has 0 spiro atoms. The van der Waals surface area contributed by atoms with Gasteiger partial charge in [0.05, 0.1) is 13.3 Å². The van der Waals surface area contributed by atoms with E-state index < -0.39 is 6.10 Å². The Morgan fingerprint density at radius 3 is 2.74 bits per heavy atom. The molecule has 1 unspecified atom stereocenters. The Hall–Kier alpha value is -1.81. The van der Waals surface area contributed by atoms with Crippen LogP contribution in [-0.2, 0) is 13.0 Å². The summed E-state index contributed by atoms with van der Waals surface area (Å²) in [5.41, 5.74) is 3.07. The highest BCUT2D eigenvalue weighted by molar-refractivity contribution is 5.31. The van der Waals surface area contributed by atoms with Gasteiger partial charge in [-0.15, -0.1) is 0 Å². The number of ether oxygens (including phenoxy) is 1. The fourth-order valence-corrected chi connectivity index (χ4v) is 2.27. The lowest BCUT2D eigenvalue weighted by atomic mass is 10.0. The van der Waals surface area contributed by atoms with Gasteiger partial charge in [-0.25, -0.2) is 0 Å². The molecule has 1 aromatic carbocycles. The fraction of sp³-hybridized carbons (Fsp3) is 0.400. The van der Waals surface area contributed by atoms with Gasteiger partial charge < -0.3 is 9.84 Å². The molecule has 0 saturated carbocycles.